The van der Waals surface area contributed by atoms with Crippen LogP contribution in [0.3, 0.4) is 0 Å². The zero-order chi connectivity index (χ0) is 26.2. The van der Waals surface area contributed by atoms with Crippen molar-refractivity contribution in [3.63, 3.8) is 0 Å². The van der Waals surface area contributed by atoms with Gasteiger partial charge >= 0.3 is 5.97 Å². The molecule has 5 rings (SSSR count). The van der Waals surface area contributed by atoms with Gasteiger partial charge in [-0.05, 0) is 23.8 Å². The molecule has 0 bridgehead atoms. The lowest BCUT2D eigenvalue weighted by molar-refractivity contribution is 0.0600. The number of ether oxygens (including phenoxy) is 1. The molecule has 0 N–H and O–H groups in total. The Kier molecular flexibility index (Phi) is 7.78. The van der Waals surface area contributed by atoms with Gasteiger partial charge in [-0.25, -0.2) is 4.79 Å². The van der Waals surface area contributed by atoms with Crippen molar-refractivity contribution in [3.8, 4) is 0 Å². The fraction of sp³-hybridized carbons (Fsp3) is 0.0294. The van der Waals surface area contributed by atoms with E-state index in [1.54, 1.807) is 6.07 Å². The predicted octanol–water partition coefficient (Wildman–Crippen LogP) is 7.45. The minimum Gasteiger partial charge on any atom is -0.465 e. The van der Waals surface area contributed by atoms with Crippen LogP contribution in [0.25, 0.3) is 12.2 Å². The Hall–Kier alpha value is -4.46. The van der Waals surface area contributed by atoms with E-state index in [1.165, 1.54) is 7.11 Å². The molecule has 4 heteroatoms. The van der Waals surface area contributed by atoms with Crippen molar-refractivity contribution in [2.75, 3.05) is 7.11 Å². The van der Waals surface area contributed by atoms with Crippen molar-refractivity contribution < 1.29 is 9.53 Å². The Labute approximate surface area is 224 Å². The molecule has 5 aromatic rings. The second-order valence-corrected chi connectivity index (χ2v) is 11.8. The summed E-state index contributed by atoms with van der Waals surface area (Å²) in [6.07, 6.45) is 4.07. The highest BCUT2D eigenvalue weighted by Gasteiger charge is 2.27. The zero-order valence-corrected chi connectivity index (χ0v) is 22.0. The van der Waals surface area contributed by atoms with Crippen molar-refractivity contribution in [1.29, 1.82) is 0 Å². The quantitative estimate of drug-likeness (QED) is 0.129. The highest BCUT2D eigenvalue weighted by molar-refractivity contribution is 7.87. The van der Waals surface area contributed by atoms with E-state index in [0.29, 0.717) is 5.56 Å². The smallest absolute Gasteiger partial charge is 0.337 e. The Bertz CT molecular complexity index is 1490. The number of nitrogens with zero attached hydrogens (tertiary/aromatic N) is 1. The van der Waals surface area contributed by atoms with Crippen LogP contribution in [0.1, 0.15) is 21.5 Å². The summed E-state index contributed by atoms with van der Waals surface area (Å²) >= 11 is 0. The average Bonchev–Trinajstić information content (AvgIpc) is 3.00. The van der Waals surface area contributed by atoms with Gasteiger partial charge in [-0.1, -0.05) is 133 Å². The minimum absolute atomic E-state index is 0.374. The molecule has 0 aliphatic rings. The van der Waals surface area contributed by atoms with Gasteiger partial charge in [0.1, 0.15) is 0 Å². The van der Waals surface area contributed by atoms with Crippen molar-refractivity contribution in [3.05, 3.63) is 156 Å². The van der Waals surface area contributed by atoms with Crippen molar-refractivity contribution in [1.82, 2.24) is 0 Å². The molecule has 38 heavy (non-hydrogen) atoms. The molecule has 0 atom stereocenters. The van der Waals surface area contributed by atoms with Crippen molar-refractivity contribution in [2.45, 2.75) is 0 Å². The van der Waals surface area contributed by atoms with Gasteiger partial charge in [0.05, 0.1) is 25.4 Å². The van der Waals surface area contributed by atoms with Gasteiger partial charge in [0.25, 0.3) is 0 Å². The third-order valence-electron chi connectivity index (χ3n) is 6.35. The maximum absolute atomic E-state index is 12.4. The summed E-state index contributed by atoms with van der Waals surface area (Å²) in [4.78, 5) is 12.4. The lowest BCUT2D eigenvalue weighted by atomic mass is 10.1. The van der Waals surface area contributed by atoms with Crippen LogP contribution in [0.2, 0.25) is 0 Å². The first-order chi connectivity index (χ1) is 18.7. The van der Waals surface area contributed by atoms with Crippen LogP contribution in [0.4, 0.5) is 5.69 Å². The van der Waals surface area contributed by atoms with Crippen molar-refractivity contribution >= 4 is 46.8 Å². The fourth-order valence-corrected chi connectivity index (χ4v) is 8.04. The lowest BCUT2D eigenvalue weighted by Gasteiger charge is -2.27. The molecule has 0 aromatic heterocycles. The summed E-state index contributed by atoms with van der Waals surface area (Å²) in [7, 11) is -1.07. The summed E-state index contributed by atoms with van der Waals surface area (Å²) < 4.78 is 10.7. The number of benzene rings is 5. The Balaban J connectivity index is 1.83. The molecular formula is C34H28NO2P. The summed E-state index contributed by atoms with van der Waals surface area (Å²) in [6, 6.07) is 47.2. The molecule has 186 valence electrons. The van der Waals surface area contributed by atoms with Gasteiger partial charge in [0.2, 0.25) is 0 Å². The summed E-state index contributed by atoms with van der Waals surface area (Å²) in [5.41, 5.74) is 3.22. The SMILES string of the molecule is COC(=O)c1ccc(N=P(c2ccccc2)(c2ccccc2)c2ccccc2)c(C=Cc2ccccc2)c1. The maximum atomic E-state index is 12.4. The Morgan fingerprint density at radius 2 is 1.11 bits per heavy atom. The van der Waals surface area contributed by atoms with E-state index in [9.17, 15) is 4.79 Å². The first-order valence-electron chi connectivity index (χ1n) is 12.5. The highest BCUT2D eigenvalue weighted by atomic mass is 31.2. The average molecular weight is 514 g/mol. The van der Waals surface area contributed by atoms with Gasteiger partial charge in [0.15, 0.2) is 0 Å². The van der Waals surface area contributed by atoms with Crippen LogP contribution < -0.4 is 15.9 Å². The van der Waals surface area contributed by atoms with E-state index in [-0.39, 0.29) is 5.97 Å². The molecule has 0 aliphatic heterocycles. The molecule has 5 aromatic carbocycles. The normalized spacial score (nSPS) is 11.3. The summed E-state index contributed by atoms with van der Waals surface area (Å²) in [5, 5.41) is 3.48. The van der Waals surface area contributed by atoms with Crippen LogP contribution in [-0.4, -0.2) is 13.1 Å². The standard InChI is InChI=1S/C34H28NO2P/c1-37-34(36)29-24-25-33(28(26-29)23-22-27-14-6-2-7-15-27)35-38(30-16-8-3-9-17-30,31-18-10-4-11-19-31)32-20-12-5-13-21-32/h2-26H,1H3. The first kappa shape index (κ1) is 25.2. The lowest BCUT2D eigenvalue weighted by Crippen LogP contribution is -2.25. The van der Waals surface area contributed by atoms with E-state index in [0.717, 1.165) is 32.7 Å². The van der Waals surface area contributed by atoms with Crippen molar-refractivity contribution in [2.24, 2.45) is 4.74 Å². The molecule has 0 saturated carbocycles. The number of hydrogen-bond acceptors (Lipinski definition) is 3. The monoisotopic (exact) mass is 513 g/mol. The number of carbonyl (C=O) groups excluding carboxylic acids is 1. The van der Waals surface area contributed by atoms with Gasteiger partial charge in [-0.3, -0.25) is 4.74 Å². The van der Waals surface area contributed by atoms with Gasteiger partial charge < -0.3 is 4.74 Å². The number of methoxy groups -OCH3 is 1. The number of hydrogen-bond donors (Lipinski definition) is 0. The van der Waals surface area contributed by atoms with Gasteiger partial charge in [-0.2, -0.15) is 0 Å². The maximum Gasteiger partial charge on any atom is 0.337 e. The van der Waals surface area contributed by atoms with E-state index in [1.807, 2.05) is 72.8 Å². The van der Waals surface area contributed by atoms with E-state index < -0.39 is 7.05 Å². The minimum atomic E-state index is -2.47. The second-order valence-electron chi connectivity index (χ2n) is 8.75. The van der Waals surface area contributed by atoms with Crippen LogP contribution in [-0.2, 0) is 4.74 Å². The van der Waals surface area contributed by atoms with Crippen LogP contribution in [0.5, 0.6) is 0 Å². The zero-order valence-electron chi connectivity index (χ0n) is 21.1. The molecule has 0 aliphatic carbocycles. The van der Waals surface area contributed by atoms with Gasteiger partial charge in [-0.15, -0.1) is 0 Å². The summed E-state index contributed by atoms with van der Waals surface area (Å²) in [5.74, 6) is -0.374. The van der Waals surface area contributed by atoms with Crippen LogP contribution in [0.15, 0.2) is 144 Å². The molecule has 0 radical (unpaired) electrons. The third kappa shape index (κ3) is 5.29. The number of esters is 1. The molecule has 0 spiro atoms. The Morgan fingerprint density at radius 3 is 1.58 bits per heavy atom. The molecular weight excluding hydrogens is 485 g/mol. The molecule has 3 nitrogen and oxygen atoms in total. The highest BCUT2D eigenvalue weighted by Crippen LogP contribution is 2.50. The van der Waals surface area contributed by atoms with Crippen LogP contribution >= 0.6 is 7.05 Å². The Morgan fingerprint density at radius 1 is 0.632 bits per heavy atom. The summed E-state index contributed by atoms with van der Waals surface area (Å²) in [6.45, 7) is 0. The van der Waals surface area contributed by atoms with Gasteiger partial charge in [0, 0.05) is 21.5 Å². The third-order valence-corrected chi connectivity index (χ3v) is 10.0. The van der Waals surface area contributed by atoms with E-state index >= 15 is 0 Å². The fourth-order valence-electron chi connectivity index (χ4n) is 4.49. The largest absolute Gasteiger partial charge is 0.465 e. The van der Waals surface area contributed by atoms with Crippen LogP contribution in [0, 0.1) is 0 Å². The predicted molar refractivity (Wildman–Crippen MR) is 160 cm³/mol. The second kappa shape index (κ2) is 11.7. The first-order valence-corrected chi connectivity index (χ1v) is 14.2. The topological polar surface area (TPSA) is 38.7 Å². The van der Waals surface area contributed by atoms with E-state index in [4.69, 9.17) is 9.48 Å². The molecule has 0 heterocycles. The van der Waals surface area contributed by atoms with E-state index in [2.05, 4.69) is 72.8 Å². The molecule has 0 fully saturated rings. The molecule has 0 saturated heterocycles. The molecule has 0 unspecified atom stereocenters. The number of rotatable bonds is 7. The number of carbonyl (C=O) groups is 1. The molecule has 0 amide bonds.